The summed E-state index contributed by atoms with van der Waals surface area (Å²) in [6.45, 7) is 6.86. The average Bonchev–Trinajstić information content (AvgIpc) is 3.22. The summed E-state index contributed by atoms with van der Waals surface area (Å²) in [6.07, 6.45) is 19.4. The Morgan fingerprint density at radius 2 is 1.40 bits per heavy atom. The monoisotopic (exact) mass is 282 g/mol. The van der Waals surface area contributed by atoms with Gasteiger partial charge in [-0.1, -0.05) is 78.6 Å². The van der Waals surface area contributed by atoms with Gasteiger partial charge >= 0.3 is 0 Å². The number of rotatable bonds is 14. The van der Waals surface area contributed by atoms with Gasteiger partial charge in [-0.05, 0) is 32.1 Å². The van der Waals surface area contributed by atoms with E-state index in [1.807, 2.05) is 0 Å². The molecule has 0 aliphatic heterocycles. The maximum absolute atomic E-state index is 6.47. The van der Waals surface area contributed by atoms with Gasteiger partial charge in [0.2, 0.25) is 0 Å². The van der Waals surface area contributed by atoms with Crippen LogP contribution in [0.15, 0.2) is 0 Å². The van der Waals surface area contributed by atoms with Crippen molar-refractivity contribution in [3.8, 4) is 0 Å². The highest BCUT2D eigenvalue weighted by atomic mass is 16.5. The molecule has 0 bridgehead atoms. The van der Waals surface area contributed by atoms with Crippen molar-refractivity contribution >= 4 is 0 Å². The summed E-state index contributed by atoms with van der Waals surface area (Å²) < 4.78 is 6.47. The van der Waals surface area contributed by atoms with Gasteiger partial charge in [-0.15, -0.1) is 0 Å². The van der Waals surface area contributed by atoms with Gasteiger partial charge < -0.3 is 4.74 Å². The fraction of sp³-hybridized carbons (Fsp3) is 1.00. The molecule has 1 fully saturated rings. The summed E-state index contributed by atoms with van der Waals surface area (Å²) in [5.41, 5.74) is 0.317. The Balaban J connectivity index is 2.10. The van der Waals surface area contributed by atoms with Crippen LogP contribution in [0.2, 0.25) is 0 Å². The summed E-state index contributed by atoms with van der Waals surface area (Å²) in [4.78, 5) is 0. The molecular formula is C19H38O. The minimum absolute atomic E-state index is 0.317. The van der Waals surface area contributed by atoms with Gasteiger partial charge in [0, 0.05) is 0 Å². The van der Waals surface area contributed by atoms with E-state index in [9.17, 15) is 0 Å². The first kappa shape index (κ1) is 18.0. The van der Waals surface area contributed by atoms with Crippen LogP contribution in [0.1, 0.15) is 111 Å². The van der Waals surface area contributed by atoms with Crippen molar-refractivity contribution in [2.24, 2.45) is 0 Å². The molecule has 120 valence electrons. The van der Waals surface area contributed by atoms with Gasteiger partial charge in [-0.2, -0.15) is 0 Å². The summed E-state index contributed by atoms with van der Waals surface area (Å²) in [5.74, 6) is 0. The van der Waals surface area contributed by atoms with Gasteiger partial charge in [-0.3, -0.25) is 0 Å². The molecule has 0 aromatic rings. The Bertz CT molecular complexity index is 220. The van der Waals surface area contributed by atoms with E-state index in [4.69, 9.17) is 4.74 Å². The van der Waals surface area contributed by atoms with Crippen LogP contribution in [0.4, 0.5) is 0 Å². The quantitative estimate of drug-likeness (QED) is 0.324. The predicted molar refractivity (Wildman–Crippen MR) is 89.3 cm³/mol. The molecule has 0 aromatic carbocycles. The third-order valence-electron chi connectivity index (χ3n) is 4.80. The largest absolute Gasteiger partial charge is 0.372 e. The lowest BCUT2D eigenvalue weighted by atomic mass is 10.0. The van der Waals surface area contributed by atoms with Crippen molar-refractivity contribution in [3.05, 3.63) is 0 Å². The van der Waals surface area contributed by atoms with Gasteiger partial charge in [0.05, 0.1) is 11.7 Å². The highest BCUT2D eigenvalue weighted by Crippen LogP contribution is 2.45. The Morgan fingerprint density at radius 1 is 0.800 bits per heavy atom. The van der Waals surface area contributed by atoms with Crippen LogP contribution < -0.4 is 0 Å². The van der Waals surface area contributed by atoms with E-state index in [1.165, 1.54) is 89.9 Å². The molecule has 1 heteroatoms. The third-order valence-corrected chi connectivity index (χ3v) is 4.80. The van der Waals surface area contributed by atoms with Crippen molar-refractivity contribution < 1.29 is 4.74 Å². The maximum atomic E-state index is 6.47. The standard InChI is InChI=1S/C19H38O/c1-4-7-9-10-11-13-15-19(16-17-19)20-18(6-3)14-12-8-5-2/h18H,4-17H2,1-3H3. The fourth-order valence-electron chi connectivity index (χ4n) is 3.12. The lowest BCUT2D eigenvalue weighted by molar-refractivity contribution is -0.0418. The molecular weight excluding hydrogens is 244 g/mol. The zero-order valence-corrected chi connectivity index (χ0v) is 14.4. The van der Waals surface area contributed by atoms with E-state index in [0.29, 0.717) is 11.7 Å². The molecule has 0 N–H and O–H groups in total. The molecule has 0 aromatic heterocycles. The molecule has 0 heterocycles. The highest BCUT2D eigenvalue weighted by Gasteiger charge is 2.44. The van der Waals surface area contributed by atoms with E-state index in [2.05, 4.69) is 20.8 Å². The molecule has 0 spiro atoms. The summed E-state index contributed by atoms with van der Waals surface area (Å²) >= 11 is 0. The van der Waals surface area contributed by atoms with E-state index >= 15 is 0 Å². The lowest BCUT2D eigenvalue weighted by Gasteiger charge is -2.24. The SMILES string of the molecule is CCCCCCCCC1(OC(CC)CCCCC)CC1. The topological polar surface area (TPSA) is 9.23 Å². The summed E-state index contributed by atoms with van der Waals surface area (Å²) in [5, 5.41) is 0. The predicted octanol–water partition coefficient (Wildman–Crippen LogP) is 6.65. The molecule has 1 saturated carbocycles. The van der Waals surface area contributed by atoms with Gasteiger partial charge in [0.1, 0.15) is 0 Å². The van der Waals surface area contributed by atoms with Crippen molar-refractivity contribution in [2.45, 2.75) is 122 Å². The number of ether oxygens (including phenoxy) is 1. The van der Waals surface area contributed by atoms with Crippen LogP contribution in [0.5, 0.6) is 0 Å². The van der Waals surface area contributed by atoms with Crippen LogP contribution in [-0.2, 0) is 4.74 Å². The maximum Gasteiger partial charge on any atom is 0.0688 e. The zero-order chi connectivity index (χ0) is 14.7. The first-order valence-corrected chi connectivity index (χ1v) is 9.44. The third kappa shape index (κ3) is 7.67. The number of unbranched alkanes of at least 4 members (excludes halogenated alkanes) is 7. The highest BCUT2D eigenvalue weighted by molar-refractivity contribution is 4.96. The summed E-state index contributed by atoms with van der Waals surface area (Å²) in [6, 6.07) is 0. The lowest BCUT2D eigenvalue weighted by Crippen LogP contribution is -2.23. The van der Waals surface area contributed by atoms with E-state index < -0.39 is 0 Å². The molecule has 1 atom stereocenters. The molecule has 1 unspecified atom stereocenters. The average molecular weight is 283 g/mol. The molecule has 1 aliphatic carbocycles. The van der Waals surface area contributed by atoms with Crippen LogP contribution in [0.3, 0.4) is 0 Å². The molecule has 0 radical (unpaired) electrons. The van der Waals surface area contributed by atoms with Gasteiger partial charge in [0.25, 0.3) is 0 Å². The zero-order valence-electron chi connectivity index (χ0n) is 14.4. The van der Waals surface area contributed by atoms with Crippen LogP contribution >= 0.6 is 0 Å². The Morgan fingerprint density at radius 3 is 2.00 bits per heavy atom. The second-order valence-electron chi connectivity index (χ2n) is 6.84. The van der Waals surface area contributed by atoms with E-state index in [-0.39, 0.29) is 0 Å². The molecule has 1 rings (SSSR count). The van der Waals surface area contributed by atoms with E-state index in [1.54, 1.807) is 0 Å². The van der Waals surface area contributed by atoms with Gasteiger partial charge in [-0.25, -0.2) is 0 Å². The molecule has 20 heavy (non-hydrogen) atoms. The normalized spacial score (nSPS) is 18.1. The van der Waals surface area contributed by atoms with Crippen molar-refractivity contribution in [1.82, 2.24) is 0 Å². The molecule has 0 saturated heterocycles. The second-order valence-corrected chi connectivity index (χ2v) is 6.84. The number of hydrogen-bond acceptors (Lipinski definition) is 1. The van der Waals surface area contributed by atoms with E-state index in [0.717, 1.165) is 0 Å². The minimum atomic E-state index is 0.317. The fourth-order valence-corrected chi connectivity index (χ4v) is 3.12. The smallest absolute Gasteiger partial charge is 0.0688 e. The molecule has 0 amide bonds. The first-order chi connectivity index (χ1) is 9.76. The molecule has 1 aliphatic rings. The van der Waals surface area contributed by atoms with Crippen molar-refractivity contribution in [1.29, 1.82) is 0 Å². The Kier molecular flexibility index (Phi) is 9.59. The van der Waals surface area contributed by atoms with Gasteiger partial charge in [0.15, 0.2) is 0 Å². The van der Waals surface area contributed by atoms with Crippen LogP contribution in [-0.4, -0.2) is 11.7 Å². The van der Waals surface area contributed by atoms with Crippen LogP contribution in [0, 0.1) is 0 Å². The Hall–Kier alpha value is -0.0400. The number of hydrogen-bond donors (Lipinski definition) is 0. The summed E-state index contributed by atoms with van der Waals surface area (Å²) in [7, 11) is 0. The minimum Gasteiger partial charge on any atom is -0.372 e. The van der Waals surface area contributed by atoms with Crippen molar-refractivity contribution in [2.75, 3.05) is 0 Å². The second kappa shape index (κ2) is 10.7. The Labute approximate surface area is 127 Å². The van der Waals surface area contributed by atoms with Crippen molar-refractivity contribution in [3.63, 3.8) is 0 Å². The molecule has 1 nitrogen and oxygen atoms in total. The van der Waals surface area contributed by atoms with Crippen LogP contribution in [0.25, 0.3) is 0 Å². The first-order valence-electron chi connectivity index (χ1n) is 9.44.